The van der Waals surface area contributed by atoms with E-state index in [2.05, 4.69) is 66.1 Å². The molecule has 0 unspecified atom stereocenters. The maximum absolute atomic E-state index is 13.2. The summed E-state index contributed by atoms with van der Waals surface area (Å²) in [5.41, 5.74) is 2.65. The SMILES string of the molecule is COc1ncnc(OC)c1C(=O)Nc1nc2c(s1)C1(CN(C(C)C)C1)Oc1cc(C(C)C)ccc1-2. The minimum Gasteiger partial charge on any atom is -0.480 e. The van der Waals surface area contributed by atoms with E-state index < -0.39 is 11.5 Å². The van der Waals surface area contributed by atoms with Gasteiger partial charge in [0.25, 0.3) is 5.91 Å². The molecule has 1 saturated heterocycles. The van der Waals surface area contributed by atoms with Crippen molar-refractivity contribution in [1.29, 1.82) is 0 Å². The van der Waals surface area contributed by atoms with Crippen LogP contribution in [-0.4, -0.2) is 59.1 Å². The summed E-state index contributed by atoms with van der Waals surface area (Å²) in [5.74, 6) is 1.04. The lowest BCUT2D eigenvalue weighted by Crippen LogP contribution is -2.64. The Morgan fingerprint density at radius 2 is 1.83 bits per heavy atom. The first-order valence-electron chi connectivity index (χ1n) is 11.6. The number of ether oxygens (including phenoxy) is 3. The molecule has 10 heteroatoms. The summed E-state index contributed by atoms with van der Waals surface area (Å²) >= 11 is 1.44. The van der Waals surface area contributed by atoms with E-state index in [0.29, 0.717) is 17.1 Å². The average Bonchev–Trinajstić information content (AvgIpc) is 3.24. The van der Waals surface area contributed by atoms with Crippen molar-refractivity contribution in [3.63, 3.8) is 0 Å². The van der Waals surface area contributed by atoms with Crippen LogP contribution in [0.5, 0.6) is 17.5 Å². The van der Waals surface area contributed by atoms with E-state index in [0.717, 1.165) is 35.0 Å². The van der Waals surface area contributed by atoms with Crippen molar-refractivity contribution in [2.75, 3.05) is 32.6 Å². The van der Waals surface area contributed by atoms with Gasteiger partial charge in [-0.2, -0.15) is 0 Å². The molecule has 1 fully saturated rings. The molecule has 2 aliphatic rings. The second-order valence-electron chi connectivity index (χ2n) is 9.42. The summed E-state index contributed by atoms with van der Waals surface area (Å²) in [7, 11) is 2.89. The Labute approximate surface area is 208 Å². The van der Waals surface area contributed by atoms with E-state index in [9.17, 15) is 4.79 Å². The van der Waals surface area contributed by atoms with Crippen LogP contribution in [0.4, 0.5) is 5.13 Å². The predicted molar refractivity (Wildman–Crippen MR) is 134 cm³/mol. The highest BCUT2D eigenvalue weighted by Gasteiger charge is 2.53. The Kier molecular flexibility index (Phi) is 5.88. The number of likely N-dealkylation sites (tertiary alicyclic amines) is 1. The molecule has 2 aliphatic heterocycles. The van der Waals surface area contributed by atoms with E-state index in [-0.39, 0.29) is 17.3 Å². The Morgan fingerprint density at radius 1 is 1.14 bits per heavy atom. The molecule has 0 atom stereocenters. The number of hydrogen-bond donors (Lipinski definition) is 1. The minimum absolute atomic E-state index is 0.119. The molecule has 1 N–H and O–H groups in total. The van der Waals surface area contributed by atoms with Crippen molar-refractivity contribution >= 4 is 22.4 Å². The molecular weight excluding hydrogens is 466 g/mol. The number of hydrogen-bond acceptors (Lipinski definition) is 9. The summed E-state index contributed by atoms with van der Waals surface area (Å²) in [6.45, 7) is 10.2. The lowest BCUT2D eigenvalue weighted by atomic mass is 9.85. The zero-order valence-electron chi connectivity index (χ0n) is 20.7. The van der Waals surface area contributed by atoms with E-state index >= 15 is 0 Å². The number of carbonyl (C=O) groups excluding carboxylic acids is 1. The van der Waals surface area contributed by atoms with E-state index in [1.807, 2.05) is 0 Å². The topological polar surface area (TPSA) is 98.7 Å². The highest BCUT2D eigenvalue weighted by atomic mass is 32.1. The average molecular weight is 496 g/mol. The lowest BCUT2D eigenvalue weighted by molar-refractivity contribution is -0.0956. The van der Waals surface area contributed by atoms with E-state index in [1.165, 1.54) is 37.4 Å². The number of nitrogens with one attached hydrogen (secondary N) is 1. The number of nitrogens with zero attached hydrogens (tertiary/aromatic N) is 4. The van der Waals surface area contributed by atoms with Gasteiger partial charge in [-0.3, -0.25) is 15.0 Å². The Bertz CT molecular complexity index is 1260. The largest absolute Gasteiger partial charge is 0.480 e. The first kappa shape index (κ1) is 23.5. The van der Waals surface area contributed by atoms with Crippen LogP contribution in [0, 0.1) is 0 Å². The number of rotatable bonds is 6. The van der Waals surface area contributed by atoms with Crippen molar-refractivity contribution in [3.05, 3.63) is 40.5 Å². The number of anilines is 1. The highest BCUT2D eigenvalue weighted by Crippen LogP contribution is 2.52. The summed E-state index contributed by atoms with van der Waals surface area (Å²) in [5, 5.41) is 3.38. The monoisotopic (exact) mass is 495 g/mol. The van der Waals surface area contributed by atoms with Crippen LogP contribution in [0.1, 0.15) is 54.4 Å². The number of aromatic nitrogens is 3. The molecule has 1 aromatic carbocycles. The number of methoxy groups -OCH3 is 2. The molecule has 0 aliphatic carbocycles. The van der Waals surface area contributed by atoms with E-state index in [1.54, 1.807) is 0 Å². The fourth-order valence-electron chi connectivity index (χ4n) is 4.50. The molecule has 1 spiro atoms. The first-order chi connectivity index (χ1) is 16.8. The van der Waals surface area contributed by atoms with Crippen LogP contribution in [0.2, 0.25) is 0 Å². The number of thiazole rings is 1. The Morgan fingerprint density at radius 3 is 2.43 bits per heavy atom. The van der Waals surface area contributed by atoms with Crippen molar-refractivity contribution in [2.45, 2.75) is 45.3 Å². The lowest BCUT2D eigenvalue weighted by Gasteiger charge is -2.52. The Balaban J connectivity index is 1.54. The molecule has 184 valence electrons. The number of fused-ring (bicyclic) bond motifs is 4. The fraction of sp³-hybridized carbons (Fsp3) is 0.440. The molecule has 2 aromatic heterocycles. The van der Waals surface area contributed by atoms with Gasteiger partial charge in [-0.05, 0) is 37.5 Å². The standard InChI is InChI=1S/C25H29N5O4S/c1-13(2)15-7-8-16-17(9-15)34-25(10-30(11-25)14(3)4)20-19(16)28-24(35-20)29-21(31)18-22(32-5)26-12-27-23(18)33-6/h7-9,12-14H,10-11H2,1-6H3,(H,28,29,31). The number of amides is 1. The predicted octanol–water partition coefficient (Wildman–Crippen LogP) is 4.30. The molecule has 4 heterocycles. The van der Waals surface area contributed by atoms with Crippen molar-refractivity contribution < 1.29 is 19.0 Å². The maximum atomic E-state index is 13.2. The van der Waals surface area contributed by atoms with Gasteiger partial charge in [0.2, 0.25) is 11.8 Å². The van der Waals surface area contributed by atoms with Crippen LogP contribution in [0.25, 0.3) is 11.3 Å². The quantitative estimate of drug-likeness (QED) is 0.540. The van der Waals surface area contributed by atoms with Crippen LogP contribution in [0.3, 0.4) is 0 Å². The molecule has 3 aromatic rings. The smallest absolute Gasteiger partial charge is 0.268 e. The molecule has 1 amide bonds. The van der Waals surface area contributed by atoms with Gasteiger partial charge in [0.1, 0.15) is 12.1 Å². The van der Waals surface area contributed by atoms with Gasteiger partial charge < -0.3 is 14.2 Å². The molecule has 0 radical (unpaired) electrons. The second kappa shape index (κ2) is 8.76. The normalized spacial score (nSPS) is 15.9. The van der Waals surface area contributed by atoms with Gasteiger partial charge in [-0.15, -0.1) is 0 Å². The van der Waals surface area contributed by atoms with Gasteiger partial charge in [0.15, 0.2) is 16.3 Å². The maximum Gasteiger partial charge on any atom is 0.268 e. The highest BCUT2D eigenvalue weighted by molar-refractivity contribution is 7.16. The summed E-state index contributed by atoms with van der Waals surface area (Å²) in [4.78, 5) is 29.5. The van der Waals surface area contributed by atoms with Crippen molar-refractivity contribution in [3.8, 4) is 28.8 Å². The summed E-state index contributed by atoms with van der Waals surface area (Å²) in [6.07, 6.45) is 1.29. The molecule has 0 saturated carbocycles. The van der Waals surface area contributed by atoms with Gasteiger partial charge in [-0.1, -0.05) is 31.3 Å². The van der Waals surface area contributed by atoms with Crippen LogP contribution in [0.15, 0.2) is 24.5 Å². The second-order valence-corrected chi connectivity index (χ2v) is 10.4. The first-order valence-corrected chi connectivity index (χ1v) is 12.4. The molecule has 9 nitrogen and oxygen atoms in total. The van der Waals surface area contributed by atoms with Gasteiger partial charge in [0, 0.05) is 24.7 Å². The van der Waals surface area contributed by atoms with Crippen LogP contribution in [-0.2, 0) is 5.60 Å². The zero-order valence-corrected chi connectivity index (χ0v) is 21.5. The summed E-state index contributed by atoms with van der Waals surface area (Å²) < 4.78 is 17.2. The van der Waals surface area contributed by atoms with Crippen LogP contribution >= 0.6 is 11.3 Å². The number of carbonyl (C=O) groups is 1. The molecule has 0 bridgehead atoms. The fourth-order valence-corrected chi connectivity index (χ4v) is 5.58. The molecular formula is C25H29N5O4S. The van der Waals surface area contributed by atoms with Gasteiger partial charge in [-0.25, -0.2) is 15.0 Å². The summed E-state index contributed by atoms with van der Waals surface area (Å²) in [6, 6.07) is 6.72. The van der Waals surface area contributed by atoms with Crippen molar-refractivity contribution in [1.82, 2.24) is 19.9 Å². The van der Waals surface area contributed by atoms with Crippen LogP contribution < -0.4 is 19.5 Å². The Hall–Kier alpha value is -3.24. The van der Waals surface area contributed by atoms with Gasteiger partial charge >= 0.3 is 0 Å². The van der Waals surface area contributed by atoms with Gasteiger partial charge in [0.05, 0.1) is 24.8 Å². The zero-order chi connectivity index (χ0) is 24.9. The van der Waals surface area contributed by atoms with E-state index in [4.69, 9.17) is 19.2 Å². The third-order valence-electron chi connectivity index (χ3n) is 6.53. The third kappa shape index (κ3) is 3.90. The minimum atomic E-state index is -0.478. The third-order valence-corrected chi connectivity index (χ3v) is 7.69. The van der Waals surface area contributed by atoms with Crippen molar-refractivity contribution in [2.24, 2.45) is 0 Å². The number of benzene rings is 1. The molecule has 5 rings (SSSR count). The molecule has 35 heavy (non-hydrogen) atoms.